The molecule has 160 valence electrons. The Bertz CT molecular complexity index is 1210. The highest BCUT2D eigenvalue weighted by Crippen LogP contribution is 2.28. The van der Waals surface area contributed by atoms with Crippen LogP contribution in [-0.4, -0.2) is 45.4 Å². The van der Waals surface area contributed by atoms with E-state index in [0.29, 0.717) is 17.7 Å². The van der Waals surface area contributed by atoms with Gasteiger partial charge in [0.15, 0.2) is 5.65 Å². The fraction of sp³-hybridized carbons (Fsp3) is 0.292. The van der Waals surface area contributed by atoms with E-state index >= 15 is 0 Å². The molecule has 0 amide bonds. The largest absolute Gasteiger partial charge is 0.366 e. The predicted molar refractivity (Wildman–Crippen MR) is 124 cm³/mol. The molecule has 1 saturated heterocycles. The number of nitrogens with one attached hydrogen (secondary N) is 1. The molecular weight excluding hydrogens is 402 g/mol. The molecule has 1 aliphatic rings. The third-order valence-corrected chi connectivity index (χ3v) is 5.93. The third kappa shape index (κ3) is 4.50. The van der Waals surface area contributed by atoms with Crippen molar-refractivity contribution in [2.45, 2.75) is 31.8 Å². The Morgan fingerprint density at radius 1 is 1.12 bits per heavy atom. The first-order chi connectivity index (χ1) is 15.7. The van der Waals surface area contributed by atoms with Gasteiger partial charge in [0.05, 0.1) is 5.69 Å². The average molecular weight is 426 g/mol. The zero-order chi connectivity index (χ0) is 21.9. The van der Waals surface area contributed by atoms with E-state index in [-0.39, 0.29) is 11.7 Å². The van der Waals surface area contributed by atoms with Crippen molar-refractivity contribution in [3.8, 4) is 0 Å². The summed E-state index contributed by atoms with van der Waals surface area (Å²) in [5.74, 6) is 0.937. The molecule has 2 radical (unpaired) electrons. The fourth-order valence-corrected chi connectivity index (χ4v) is 4.36. The Morgan fingerprint density at radius 3 is 2.88 bits per heavy atom. The van der Waals surface area contributed by atoms with Gasteiger partial charge in [0, 0.05) is 50.2 Å². The van der Waals surface area contributed by atoms with Crippen molar-refractivity contribution >= 4 is 24.8 Å². The number of halogens is 1. The molecule has 0 spiro atoms. The second-order valence-electron chi connectivity index (χ2n) is 8.32. The van der Waals surface area contributed by atoms with Crippen LogP contribution in [0.4, 0.5) is 10.2 Å². The molecule has 3 aromatic heterocycles. The number of hydrogen-bond acceptors (Lipinski definition) is 5. The van der Waals surface area contributed by atoms with Crippen molar-refractivity contribution in [3.05, 3.63) is 83.7 Å². The van der Waals surface area contributed by atoms with Crippen LogP contribution in [-0.2, 0) is 13.1 Å². The van der Waals surface area contributed by atoms with Crippen LogP contribution in [0, 0.1) is 5.82 Å². The normalized spacial score (nSPS) is 17.0. The minimum atomic E-state index is -0.191. The number of benzene rings is 1. The Labute approximate surface area is 187 Å². The molecule has 0 bridgehead atoms. The number of fused-ring (bicyclic) bond motifs is 1. The quantitative estimate of drug-likeness (QED) is 0.481. The number of rotatable bonds is 6. The lowest BCUT2D eigenvalue weighted by molar-refractivity contribution is 0.198. The lowest BCUT2D eigenvalue weighted by Gasteiger charge is -2.32. The topological polar surface area (TPSA) is 58.4 Å². The molecule has 1 unspecified atom stereocenters. The molecule has 0 saturated carbocycles. The molecule has 1 fully saturated rings. The highest BCUT2D eigenvalue weighted by molar-refractivity contribution is 6.36. The third-order valence-electron chi connectivity index (χ3n) is 5.93. The van der Waals surface area contributed by atoms with Crippen LogP contribution >= 0.6 is 0 Å². The summed E-state index contributed by atoms with van der Waals surface area (Å²) >= 11 is 0. The van der Waals surface area contributed by atoms with Crippen LogP contribution in [0.1, 0.15) is 35.6 Å². The van der Waals surface area contributed by atoms with Gasteiger partial charge in [-0.3, -0.25) is 9.88 Å². The van der Waals surface area contributed by atoms with Crippen LogP contribution in [0.2, 0.25) is 0 Å². The second kappa shape index (κ2) is 9.08. The maximum absolute atomic E-state index is 13.6. The maximum Gasteiger partial charge on any atom is 0.150 e. The molecule has 1 aromatic carbocycles. The van der Waals surface area contributed by atoms with E-state index in [2.05, 4.69) is 26.4 Å². The van der Waals surface area contributed by atoms with Crippen molar-refractivity contribution in [1.82, 2.24) is 24.5 Å². The van der Waals surface area contributed by atoms with E-state index in [1.165, 1.54) is 6.07 Å². The molecule has 4 aromatic rings. The van der Waals surface area contributed by atoms with E-state index in [0.717, 1.165) is 55.1 Å². The first kappa shape index (κ1) is 20.6. The van der Waals surface area contributed by atoms with Crippen molar-refractivity contribution in [3.63, 3.8) is 0 Å². The van der Waals surface area contributed by atoms with Gasteiger partial charge in [-0.1, -0.05) is 18.2 Å². The van der Waals surface area contributed by atoms with Crippen LogP contribution in [0.25, 0.3) is 5.65 Å². The summed E-state index contributed by atoms with van der Waals surface area (Å²) < 4.78 is 15.4. The first-order valence-corrected chi connectivity index (χ1v) is 10.9. The molecule has 4 heterocycles. The molecule has 32 heavy (non-hydrogen) atoms. The van der Waals surface area contributed by atoms with E-state index < -0.39 is 0 Å². The highest BCUT2D eigenvalue weighted by Gasteiger charge is 2.24. The van der Waals surface area contributed by atoms with Gasteiger partial charge >= 0.3 is 0 Å². The summed E-state index contributed by atoms with van der Waals surface area (Å²) in [4.78, 5) is 11.4. The zero-order valence-electron chi connectivity index (χ0n) is 17.8. The maximum atomic E-state index is 13.6. The van der Waals surface area contributed by atoms with Gasteiger partial charge < -0.3 is 5.32 Å². The van der Waals surface area contributed by atoms with Crippen molar-refractivity contribution < 1.29 is 4.39 Å². The number of anilines is 1. The Balaban J connectivity index is 1.38. The summed E-state index contributed by atoms with van der Waals surface area (Å²) in [5.41, 5.74) is 4.30. The minimum absolute atomic E-state index is 0.191. The highest BCUT2D eigenvalue weighted by atomic mass is 19.1. The van der Waals surface area contributed by atoms with Crippen molar-refractivity contribution in [2.24, 2.45) is 0 Å². The van der Waals surface area contributed by atoms with Gasteiger partial charge in [0.25, 0.3) is 0 Å². The van der Waals surface area contributed by atoms with E-state index in [1.807, 2.05) is 24.4 Å². The average Bonchev–Trinajstić information content (AvgIpc) is 3.19. The lowest BCUT2D eigenvalue weighted by Crippen LogP contribution is -2.34. The van der Waals surface area contributed by atoms with Crippen LogP contribution in [0.5, 0.6) is 0 Å². The Morgan fingerprint density at radius 2 is 2.03 bits per heavy atom. The number of aromatic nitrogens is 4. The molecular formula is C24H24BFN6. The van der Waals surface area contributed by atoms with Gasteiger partial charge in [-0.15, -0.1) is 0 Å². The molecule has 8 heteroatoms. The van der Waals surface area contributed by atoms with Crippen molar-refractivity contribution in [1.29, 1.82) is 0 Å². The van der Waals surface area contributed by atoms with Gasteiger partial charge in [0.2, 0.25) is 0 Å². The standard InChI is InChI=1S/C24H24BFN6/c25-21-14-29-32-23(28-13-18-5-2-8-27-12-18)11-22(30-24(21)32)19-6-3-9-31(16-19)15-17-4-1-7-20(26)10-17/h1-2,4-5,7-8,10-12,14,19,28H,3,6,9,13,15-16H2. The Kier molecular flexibility index (Phi) is 5.86. The van der Waals surface area contributed by atoms with Crippen molar-refractivity contribution in [2.75, 3.05) is 18.4 Å². The number of nitrogens with zero attached hydrogens (tertiary/aromatic N) is 5. The monoisotopic (exact) mass is 426 g/mol. The molecule has 5 rings (SSSR count). The summed E-state index contributed by atoms with van der Waals surface area (Å²) in [6, 6.07) is 12.9. The molecule has 6 nitrogen and oxygen atoms in total. The van der Waals surface area contributed by atoms with Gasteiger partial charge in [-0.2, -0.15) is 9.61 Å². The predicted octanol–water partition coefficient (Wildman–Crippen LogP) is 3.05. The van der Waals surface area contributed by atoms with E-state index in [1.54, 1.807) is 29.0 Å². The molecule has 0 aliphatic carbocycles. The molecule has 1 atom stereocenters. The first-order valence-electron chi connectivity index (χ1n) is 10.9. The van der Waals surface area contributed by atoms with Crippen LogP contribution < -0.4 is 10.8 Å². The minimum Gasteiger partial charge on any atom is -0.366 e. The van der Waals surface area contributed by atoms with Crippen LogP contribution in [0.3, 0.4) is 0 Å². The smallest absolute Gasteiger partial charge is 0.150 e. The summed E-state index contributed by atoms with van der Waals surface area (Å²) in [6.07, 6.45) is 7.37. The number of likely N-dealkylation sites (tertiary alicyclic amines) is 1. The lowest BCUT2D eigenvalue weighted by atomic mass is 9.93. The van der Waals surface area contributed by atoms with Gasteiger partial charge in [0.1, 0.15) is 19.5 Å². The van der Waals surface area contributed by atoms with E-state index in [9.17, 15) is 4.39 Å². The van der Waals surface area contributed by atoms with Gasteiger partial charge in [-0.25, -0.2) is 9.37 Å². The SMILES string of the molecule is [B]c1cnn2c(NCc3cccnc3)cc(C3CCCN(Cc4cccc(F)c4)C3)nc12. The summed E-state index contributed by atoms with van der Waals surface area (Å²) in [7, 11) is 6.16. The van der Waals surface area contributed by atoms with Crippen LogP contribution in [0.15, 0.2) is 61.1 Å². The van der Waals surface area contributed by atoms with E-state index in [4.69, 9.17) is 12.8 Å². The summed E-state index contributed by atoms with van der Waals surface area (Å²) in [6.45, 7) is 3.23. The number of pyridine rings is 1. The number of hydrogen-bond donors (Lipinski definition) is 1. The molecule has 1 aliphatic heterocycles. The van der Waals surface area contributed by atoms with Gasteiger partial charge in [-0.05, 0) is 54.2 Å². The zero-order valence-corrected chi connectivity index (χ0v) is 17.8. The number of piperidine rings is 1. The summed E-state index contributed by atoms with van der Waals surface area (Å²) in [5, 5.41) is 7.86. The Hall–Kier alpha value is -3.26. The molecule has 1 N–H and O–H groups in total. The second-order valence-corrected chi connectivity index (χ2v) is 8.32. The fourth-order valence-electron chi connectivity index (χ4n) is 4.36.